The van der Waals surface area contributed by atoms with Gasteiger partial charge in [-0.25, -0.2) is 0 Å². The minimum absolute atomic E-state index is 0.154. The maximum absolute atomic E-state index is 10.4. The molecule has 1 fully saturated rings. The van der Waals surface area contributed by atoms with Crippen LogP contribution in [0.4, 0.5) is 0 Å². The second-order valence-electron chi connectivity index (χ2n) is 6.11. The molecular formula is C16H22O3. The largest absolute Gasteiger partial charge is 0.497 e. The molecule has 19 heavy (non-hydrogen) atoms. The molecule has 0 bridgehead atoms. The van der Waals surface area contributed by atoms with Gasteiger partial charge in [0.05, 0.1) is 13.2 Å². The fourth-order valence-electron chi connectivity index (χ4n) is 3.63. The average molecular weight is 262 g/mol. The molecular weight excluding hydrogens is 240 g/mol. The molecule has 1 aromatic rings. The number of methoxy groups -OCH3 is 1. The zero-order valence-electron chi connectivity index (χ0n) is 11.7. The molecule has 0 amide bonds. The van der Waals surface area contributed by atoms with Crippen LogP contribution in [0, 0.1) is 5.92 Å². The van der Waals surface area contributed by atoms with Crippen LogP contribution in [0.1, 0.15) is 50.7 Å². The summed E-state index contributed by atoms with van der Waals surface area (Å²) in [5.74, 6) is 2.28. The Hall–Kier alpha value is -1.22. The number of ether oxygens (including phenoxy) is 2. The van der Waals surface area contributed by atoms with Crippen LogP contribution in [0.25, 0.3) is 0 Å². The molecule has 3 rings (SSSR count). The fraction of sp³-hybridized carbons (Fsp3) is 0.625. The van der Waals surface area contributed by atoms with Gasteiger partial charge in [-0.3, -0.25) is 0 Å². The SMILES string of the molecule is COc1ccc2c(c1)[C@H](O)CC1(CCCC(C)C1)O2. The summed E-state index contributed by atoms with van der Waals surface area (Å²) in [5, 5.41) is 10.4. The molecule has 1 spiro atoms. The Bertz CT molecular complexity index is 471. The van der Waals surface area contributed by atoms with E-state index in [1.807, 2.05) is 18.2 Å². The molecule has 1 saturated carbocycles. The van der Waals surface area contributed by atoms with Crippen molar-refractivity contribution >= 4 is 0 Å². The average Bonchev–Trinajstić information content (AvgIpc) is 2.38. The van der Waals surface area contributed by atoms with E-state index < -0.39 is 6.10 Å². The second-order valence-corrected chi connectivity index (χ2v) is 6.11. The number of rotatable bonds is 1. The van der Waals surface area contributed by atoms with Gasteiger partial charge in [0, 0.05) is 12.0 Å². The Morgan fingerprint density at radius 3 is 2.95 bits per heavy atom. The first kappa shape index (κ1) is 12.8. The van der Waals surface area contributed by atoms with Gasteiger partial charge in [0.15, 0.2) is 0 Å². The lowest BCUT2D eigenvalue weighted by Crippen LogP contribution is -2.44. The highest BCUT2D eigenvalue weighted by molar-refractivity contribution is 5.43. The maximum atomic E-state index is 10.4. The van der Waals surface area contributed by atoms with Gasteiger partial charge in [-0.1, -0.05) is 13.3 Å². The van der Waals surface area contributed by atoms with E-state index in [9.17, 15) is 5.11 Å². The van der Waals surface area contributed by atoms with Gasteiger partial charge in [0.1, 0.15) is 17.1 Å². The number of aliphatic hydroxyl groups excluding tert-OH is 1. The molecule has 0 aromatic heterocycles. The molecule has 0 saturated heterocycles. The highest BCUT2D eigenvalue weighted by atomic mass is 16.5. The fourth-order valence-corrected chi connectivity index (χ4v) is 3.63. The summed E-state index contributed by atoms with van der Waals surface area (Å²) in [5.41, 5.74) is 0.710. The van der Waals surface area contributed by atoms with Crippen molar-refractivity contribution in [3.05, 3.63) is 23.8 Å². The number of hydrogen-bond donors (Lipinski definition) is 1. The van der Waals surface area contributed by atoms with Crippen LogP contribution in [-0.2, 0) is 0 Å². The van der Waals surface area contributed by atoms with Crippen molar-refractivity contribution in [1.82, 2.24) is 0 Å². The molecule has 2 aliphatic rings. The number of benzene rings is 1. The highest BCUT2D eigenvalue weighted by Gasteiger charge is 2.43. The maximum Gasteiger partial charge on any atom is 0.126 e. The van der Waals surface area contributed by atoms with E-state index in [2.05, 4.69) is 6.92 Å². The summed E-state index contributed by atoms with van der Waals surface area (Å²) in [6, 6.07) is 5.72. The van der Waals surface area contributed by atoms with Gasteiger partial charge in [0.2, 0.25) is 0 Å². The normalized spacial score (nSPS) is 33.6. The Morgan fingerprint density at radius 1 is 1.37 bits per heavy atom. The second kappa shape index (κ2) is 4.71. The Labute approximate surface area is 114 Å². The topological polar surface area (TPSA) is 38.7 Å². The number of hydrogen-bond acceptors (Lipinski definition) is 3. The third-order valence-electron chi connectivity index (χ3n) is 4.52. The van der Waals surface area contributed by atoms with Gasteiger partial charge in [-0.05, 0) is 43.4 Å². The monoisotopic (exact) mass is 262 g/mol. The standard InChI is InChI=1S/C16H22O3/c1-11-4-3-7-16(9-11)10-14(17)13-8-12(18-2)5-6-15(13)19-16/h5-6,8,11,14,17H,3-4,7,9-10H2,1-2H3/t11?,14-,16?/m1/s1. The van der Waals surface area contributed by atoms with Crippen molar-refractivity contribution < 1.29 is 14.6 Å². The highest BCUT2D eigenvalue weighted by Crippen LogP contribution is 2.48. The van der Waals surface area contributed by atoms with E-state index in [1.165, 1.54) is 12.8 Å². The first-order valence-electron chi connectivity index (χ1n) is 7.17. The lowest BCUT2D eigenvalue weighted by Gasteiger charge is -2.45. The minimum atomic E-state index is -0.441. The molecule has 3 nitrogen and oxygen atoms in total. The summed E-state index contributed by atoms with van der Waals surface area (Å²) >= 11 is 0. The van der Waals surface area contributed by atoms with Crippen molar-refractivity contribution in [1.29, 1.82) is 0 Å². The van der Waals surface area contributed by atoms with Crippen LogP contribution in [0.3, 0.4) is 0 Å². The molecule has 2 unspecified atom stereocenters. The van der Waals surface area contributed by atoms with E-state index in [0.717, 1.165) is 29.9 Å². The summed E-state index contributed by atoms with van der Waals surface area (Å²) in [6.45, 7) is 2.28. The van der Waals surface area contributed by atoms with Crippen molar-refractivity contribution in [2.24, 2.45) is 5.92 Å². The van der Waals surface area contributed by atoms with E-state index in [4.69, 9.17) is 9.47 Å². The quantitative estimate of drug-likeness (QED) is 0.842. The van der Waals surface area contributed by atoms with Crippen molar-refractivity contribution in [2.75, 3.05) is 7.11 Å². The molecule has 3 atom stereocenters. The van der Waals surface area contributed by atoms with Crippen molar-refractivity contribution in [3.63, 3.8) is 0 Å². The van der Waals surface area contributed by atoms with E-state index in [-0.39, 0.29) is 5.60 Å². The molecule has 1 N–H and O–H groups in total. The Kier molecular flexibility index (Phi) is 3.17. The smallest absolute Gasteiger partial charge is 0.126 e. The minimum Gasteiger partial charge on any atom is -0.497 e. The lowest BCUT2D eigenvalue weighted by atomic mass is 9.74. The van der Waals surface area contributed by atoms with Crippen LogP contribution in [-0.4, -0.2) is 17.8 Å². The first-order valence-corrected chi connectivity index (χ1v) is 7.17. The summed E-state index contributed by atoms with van der Waals surface area (Å²) in [4.78, 5) is 0. The predicted molar refractivity (Wildman–Crippen MR) is 73.6 cm³/mol. The number of aliphatic hydroxyl groups is 1. The third-order valence-corrected chi connectivity index (χ3v) is 4.52. The van der Waals surface area contributed by atoms with Crippen LogP contribution < -0.4 is 9.47 Å². The lowest BCUT2D eigenvalue weighted by molar-refractivity contribution is -0.0496. The molecule has 0 radical (unpaired) electrons. The van der Waals surface area contributed by atoms with Crippen molar-refractivity contribution in [3.8, 4) is 11.5 Å². The Balaban J connectivity index is 1.91. The molecule has 3 heteroatoms. The zero-order valence-corrected chi connectivity index (χ0v) is 11.7. The van der Waals surface area contributed by atoms with Gasteiger partial charge in [-0.2, -0.15) is 0 Å². The van der Waals surface area contributed by atoms with Gasteiger partial charge in [-0.15, -0.1) is 0 Å². The van der Waals surface area contributed by atoms with E-state index in [1.54, 1.807) is 7.11 Å². The van der Waals surface area contributed by atoms with Gasteiger partial charge in [0.25, 0.3) is 0 Å². The molecule has 1 aromatic carbocycles. The van der Waals surface area contributed by atoms with Crippen LogP contribution in [0.2, 0.25) is 0 Å². The van der Waals surface area contributed by atoms with Gasteiger partial charge < -0.3 is 14.6 Å². The zero-order chi connectivity index (χ0) is 13.5. The van der Waals surface area contributed by atoms with Crippen LogP contribution >= 0.6 is 0 Å². The Morgan fingerprint density at radius 2 is 2.21 bits per heavy atom. The molecule has 1 heterocycles. The van der Waals surface area contributed by atoms with Gasteiger partial charge >= 0.3 is 0 Å². The van der Waals surface area contributed by atoms with E-state index in [0.29, 0.717) is 12.3 Å². The van der Waals surface area contributed by atoms with Crippen LogP contribution in [0.15, 0.2) is 18.2 Å². The summed E-state index contributed by atoms with van der Waals surface area (Å²) in [7, 11) is 1.64. The summed E-state index contributed by atoms with van der Waals surface area (Å²) in [6.07, 6.45) is 4.84. The molecule has 1 aliphatic carbocycles. The molecule has 104 valence electrons. The number of fused-ring (bicyclic) bond motifs is 1. The molecule has 1 aliphatic heterocycles. The van der Waals surface area contributed by atoms with Crippen molar-refractivity contribution in [2.45, 2.75) is 50.7 Å². The van der Waals surface area contributed by atoms with Crippen LogP contribution in [0.5, 0.6) is 11.5 Å². The van der Waals surface area contributed by atoms with E-state index >= 15 is 0 Å². The third kappa shape index (κ3) is 2.32. The first-order chi connectivity index (χ1) is 9.12. The predicted octanol–water partition coefficient (Wildman–Crippen LogP) is 3.46. The summed E-state index contributed by atoms with van der Waals surface area (Å²) < 4.78 is 11.5.